The van der Waals surface area contributed by atoms with Gasteiger partial charge < -0.3 is 9.84 Å². The fourth-order valence-corrected chi connectivity index (χ4v) is 6.29. The summed E-state index contributed by atoms with van der Waals surface area (Å²) in [5, 5.41) is 20.5. The summed E-state index contributed by atoms with van der Waals surface area (Å²) in [7, 11) is 1.42. The topological polar surface area (TPSA) is 121 Å². The number of Topliss-reactive ketones (excluding diaryl/α,β-unsaturated/α-hetero) is 1. The predicted molar refractivity (Wildman–Crippen MR) is 122 cm³/mol. The van der Waals surface area contributed by atoms with Crippen LogP contribution < -0.4 is 4.74 Å². The lowest BCUT2D eigenvalue weighted by atomic mass is 9.59. The second kappa shape index (κ2) is 7.63. The molecule has 2 N–H and O–H groups in total. The molecular weight excluding hydrogens is 541 g/mol. The highest BCUT2D eigenvalue weighted by Crippen LogP contribution is 2.55. The lowest BCUT2D eigenvalue weighted by molar-refractivity contribution is -0.173. The van der Waals surface area contributed by atoms with Crippen LogP contribution in [0.3, 0.4) is 0 Å². The number of allylic oxidation sites excluding steroid dienone is 6. The molecule has 170 valence electrons. The van der Waals surface area contributed by atoms with Gasteiger partial charge in [-0.3, -0.25) is 24.4 Å². The number of aromatic hydroxyl groups is 1. The number of carbonyl (C=O) groups is 4. The first-order valence-corrected chi connectivity index (χ1v) is 11.6. The molecule has 33 heavy (non-hydrogen) atoms. The molecule has 0 bridgehead atoms. The number of amides is 2. The number of carbonyl (C=O) groups excluding carboxylic acids is 4. The van der Waals surface area contributed by atoms with Gasteiger partial charge in [-0.2, -0.15) is 5.06 Å². The Morgan fingerprint density at radius 3 is 2.55 bits per heavy atom. The Balaban J connectivity index is 1.74. The van der Waals surface area contributed by atoms with E-state index in [-0.39, 0.29) is 41.0 Å². The van der Waals surface area contributed by atoms with Gasteiger partial charge in [0.15, 0.2) is 23.1 Å². The van der Waals surface area contributed by atoms with Crippen LogP contribution in [0.2, 0.25) is 0 Å². The van der Waals surface area contributed by atoms with Crippen LogP contribution in [0.15, 0.2) is 46.6 Å². The predicted octanol–water partition coefficient (Wildman–Crippen LogP) is 2.82. The third-order valence-corrected chi connectivity index (χ3v) is 7.97. The van der Waals surface area contributed by atoms with Gasteiger partial charge >= 0.3 is 0 Å². The summed E-state index contributed by atoms with van der Waals surface area (Å²) < 4.78 is 5.83. The van der Waals surface area contributed by atoms with Crippen molar-refractivity contribution in [2.75, 3.05) is 7.11 Å². The van der Waals surface area contributed by atoms with E-state index in [4.69, 9.17) is 4.74 Å². The second-order valence-corrected chi connectivity index (χ2v) is 9.93. The Morgan fingerprint density at radius 1 is 1.12 bits per heavy atom. The number of phenolic OH excluding ortho intramolecular Hbond substituents is 1. The van der Waals surface area contributed by atoms with Crippen molar-refractivity contribution in [3.05, 3.63) is 55.7 Å². The minimum Gasteiger partial charge on any atom is -0.504 e. The number of phenols is 1. The number of methoxy groups -OCH3 is 1. The Bertz CT molecular complexity index is 1260. The molecule has 1 aliphatic heterocycles. The minimum atomic E-state index is -0.800. The first kappa shape index (κ1) is 22.0. The molecule has 0 saturated carbocycles. The number of ketones is 2. The van der Waals surface area contributed by atoms with E-state index in [1.54, 1.807) is 19.1 Å². The maximum Gasteiger partial charge on any atom is 0.257 e. The number of hydrogen-bond acceptors (Lipinski definition) is 7. The zero-order valence-electron chi connectivity index (χ0n) is 17.8. The number of benzene rings is 1. The van der Waals surface area contributed by atoms with E-state index >= 15 is 0 Å². The van der Waals surface area contributed by atoms with Gasteiger partial charge in [-0.15, -0.1) is 0 Å². The molecule has 4 atom stereocenters. The van der Waals surface area contributed by atoms with Gasteiger partial charge in [0.1, 0.15) is 0 Å². The average Bonchev–Trinajstić information content (AvgIpc) is 3.02. The summed E-state index contributed by atoms with van der Waals surface area (Å²) in [6, 6.07) is 3.36. The monoisotopic (exact) mass is 561 g/mol. The average molecular weight is 561 g/mol. The van der Waals surface area contributed by atoms with Gasteiger partial charge in [-0.25, -0.2) is 0 Å². The molecule has 2 amide bonds. The molecule has 0 spiro atoms. The number of nitrogens with zero attached hydrogens (tertiary/aromatic N) is 1. The molecule has 0 aromatic heterocycles. The van der Waals surface area contributed by atoms with Crippen LogP contribution in [0, 0.1) is 21.3 Å². The van der Waals surface area contributed by atoms with E-state index < -0.39 is 35.5 Å². The molecule has 1 aromatic rings. The Kier molecular flexibility index (Phi) is 5.09. The summed E-state index contributed by atoms with van der Waals surface area (Å²) >= 11 is 1.97. The number of fused-ring (bicyclic) bond motifs is 3. The summed E-state index contributed by atoms with van der Waals surface area (Å²) in [6.07, 6.45) is 3.59. The van der Waals surface area contributed by atoms with Crippen molar-refractivity contribution in [2.45, 2.75) is 25.7 Å². The van der Waals surface area contributed by atoms with Gasteiger partial charge in [0, 0.05) is 22.6 Å². The zero-order chi connectivity index (χ0) is 23.8. The molecule has 1 heterocycles. The molecular formula is C24H20INO7. The SMILES string of the molecule is COc1cc([C@H]2C3=CC[C@@H]4C(=O)N(O)C(=O)[C@@H]4[C@@H]3CC3=C2C(=O)C=C(C)C3=O)cc(I)c1O. The van der Waals surface area contributed by atoms with Crippen molar-refractivity contribution < 1.29 is 34.2 Å². The van der Waals surface area contributed by atoms with Gasteiger partial charge in [0.05, 0.1) is 22.5 Å². The van der Waals surface area contributed by atoms with Crippen LogP contribution in [-0.4, -0.2) is 45.9 Å². The van der Waals surface area contributed by atoms with Crippen molar-refractivity contribution in [1.29, 1.82) is 0 Å². The molecule has 3 aliphatic carbocycles. The Hall–Kier alpha value is -2.79. The van der Waals surface area contributed by atoms with E-state index in [0.29, 0.717) is 25.9 Å². The van der Waals surface area contributed by atoms with Crippen LogP contribution in [0.5, 0.6) is 11.5 Å². The van der Waals surface area contributed by atoms with Crippen LogP contribution in [0.25, 0.3) is 0 Å². The highest BCUT2D eigenvalue weighted by Gasteiger charge is 2.56. The maximum atomic E-state index is 13.2. The van der Waals surface area contributed by atoms with Gasteiger partial charge in [-0.05, 0) is 72.0 Å². The molecule has 0 unspecified atom stereocenters. The number of hydroxylamine groups is 2. The largest absolute Gasteiger partial charge is 0.504 e. The van der Waals surface area contributed by atoms with Crippen LogP contribution in [-0.2, 0) is 19.2 Å². The maximum absolute atomic E-state index is 13.2. The van der Waals surface area contributed by atoms with E-state index in [0.717, 1.165) is 5.57 Å². The standard InChI is InChI=1S/C24H20INO7/c1-9-5-16(27)20-14(21(9)28)8-13-11(3-4-12-19(13)24(31)26(32)23(12)30)18(20)10-6-15(25)22(29)17(7-10)33-2/h3,5-7,12-13,18-19,29,32H,4,8H2,1-2H3/t12-,13+,18-,19-/m0/s1. The third kappa shape index (κ3) is 3.05. The zero-order valence-corrected chi connectivity index (χ0v) is 20.0. The fraction of sp³-hybridized carbons (Fsp3) is 0.333. The van der Waals surface area contributed by atoms with Crippen molar-refractivity contribution in [3.8, 4) is 11.5 Å². The Morgan fingerprint density at radius 2 is 1.85 bits per heavy atom. The van der Waals surface area contributed by atoms with Gasteiger partial charge in [-0.1, -0.05) is 11.6 Å². The number of halogens is 1. The molecule has 1 aromatic carbocycles. The molecule has 0 radical (unpaired) electrons. The molecule has 4 aliphatic rings. The Labute approximate surface area is 202 Å². The van der Waals surface area contributed by atoms with E-state index in [1.165, 1.54) is 13.2 Å². The molecule has 5 rings (SSSR count). The van der Waals surface area contributed by atoms with Crippen molar-refractivity contribution in [1.82, 2.24) is 5.06 Å². The van der Waals surface area contributed by atoms with Crippen molar-refractivity contribution >= 4 is 46.0 Å². The number of ether oxygens (including phenoxy) is 1. The number of imide groups is 1. The summed E-state index contributed by atoms with van der Waals surface area (Å²) in [5.41, 5.74) is 2.43. The smallest absolute Gasteiger partial charge is 0.257 e. The minimum absolute atomic E-state index is 0.0321. The summed E-state index contributed by atoms with van der Waals surface area (Å²) in [4.78, 5) is 51.5. The quantitative estimate of drug-likeness (QED) is 0.187. The van der Waals surface area contributed by atoms with E-state index in [1.807, 2.05) is 28.7 Å². The lowest BCUT2D eigenvalue weighted by Crippen LogP contribution is -2.39. The van der Waals surface area contributed by atoms with Crippen molar-refractivity contribution in [2.24, 2.45) is 17.8 Å². The van der Waals surface area contributed by atoms with Gasteiger partial charge in [0.2, 0.25) is 0 Å². The summed E-state index contributed by atoms with van der Waals surface area (Å²) in [5.74, 6) is -4.29. The number of hydrogen-bond donors (Lipinski definition) is 2. The number of rotatable bonds is 2. The highest BCUT2D eigenvalue weighted by atomic mass is 127. The first-order chi connectivity index (χ1) is 15.6. The van der Waals surface area contributed by atoms with Gasteiger partial charge in [0.25, 0.3) is 11.8 Å². The normalized spacial score (nSPS) is 28.9. The molecule has 9 heteroatoms. The van der Waals surface area contributed by atoms with Crippen LogP contribution in [0.1, 0.15) is 31.2 Å². The van der Waals surface area contributed by atoms with E-state index in [9.17, 15) is 29.5 Å². The lowest BCUT2D eigenvalue weighted by Gasteiger charge is -2.42. The van der Waals surface area contributed by atoms with E-state index in [2.05, 4.69) is 0 Å². The van der Waals surface area contributed by atoms with Crippen molar-refractivity contribution in [3.63, 3.8) is 0 Å². The fourth-order valence-electron chi connectivity index (χ4n) is 5.66. The second-order valence-electron chi connectivity index (χ2n) is 8.77. The summed E-state index contributed by atoms with van der Waals surface area (Å²) in [6.45, 7) is 1.58. The molecule has 1 fully saturated rings. The molecule has 1 saturated heterocycles. The third-order valence-electron chi connectivity index (χ3n) is 7.14. The van der Waals surface area contributed by atoms with Crippen LogP contribution >= 0.6 is 22.6 Å². The highest BCUT2D eigenvalue weighted by molar-refractivity contribution is 14.1. The molecule has 8 nitrogen and oxygen atoms in total. The first-order valence-electron chi connectivity index (χ1n) is 10.5. The van der Waals surface area contributed by atoms with Crippen LogP contribution in [0.4, 0.5) is 0 Å².